The van der Waals surface area contributed by atoms with Crippen LogP contribution in [0.5, 0.6) is 5.75 Å². The van der Waals surface area contributed by atoms with Gasteiger partial charge < -0.3 is 20.1 Å². The van der Waals surface area contributed by atoms with Gasteiger partial charge in [0, 0.05) is 0 Å². The van der Waals surface area contributed by atoms with Gasteiger partial charge in [0.2, 0.25) is 0 Å². The molecule has 3 N–H and O–H groups in total. The molecule has 0 aliphatic rings. The van der Waals surface area contributed by atoms with Gasteiger partial charge in [-0.3, -0.25) is 4.79 Å². The van der Waals surface area contributed by atoms with E-state index in [-0.39, 0.29) is 5.56 Å². The van der Waals surface area contributed by atoms with E-state index in [2.05, 4.69) is 0 Å². The monoisotopic (exact) mass is 310 g/mol. The van der Waals surface area contributed by atoms with Gasteiger partial charge in [0.05, 0.1) is 19.1 Å². The van der Waals surface area contributed by atoms with Gasteiger partial charge in [-0.2, -0.15) is 13.2 Å². The van der Waals surface area contributed by atoms with Crippen LogP contribution in [0.3, 0.4) is 0 Å². The Kier molecular flexibility index (Phi) is 7.22. The molecule has 1 aromatic carbocycles. The third-order valence-electron chi connectivity index (χ3n) is 2.08. The van der Waals surface area contributed by atoms with Gasteiger partial charge in [-0.25, -0.2) is 4.79 Å². The minimum absolute atomic E-state index is 0.269. The van der Waals surface area contributed by atoms with Crippen LogP contribution in [-0.2, 0) is 4.79 Å². The number of aromatic carboxylic acids is 1. The van der Waals surface area contributed by atoms with Gasteiger partial charge >= 0.3 is 18.1 Å². The maximum Gasteiger partial charge on any atom is 0.414 e. The highest BCUT2D eigenvalue weighted by atomic mass is 19.4. The first kappa shape index (κ1) is 18.7. The molecule has 1 rings (SSSR count). The molecule has 0 radical (unpaired) electrons. The molecule has 0 saturated heterocycles. The van der Waals surface area contributed by atoms with E-state index in [0.717, 1.165) is 0 Å². The molecule has 21 heavy (non-hydrogen) atoms. The highest BCUT2D eigenvalue weighted by Gasteiger charge is 2.39. The topological polar surface area (TPSA) is 104 Å². The summed E-state index contributed by atoms with van der Waals surface area (Å²) in [5.74, 6) is -1.94. The number of benzene rings is 1. The van der Waals surface area contributed by atoms with E-state index in [1.54, 1.807) is 12.1 Å². The Morgan fingerprint density at radius 1 is 1.19 bits per heavy atom. The Morgan fingerprint density at radius 3 is 1.90 bits per heavy atom. The molecule has 0 bridgehead atoms. The number of ether oxygens (including phenoxy) is 1. The van der Waals surface area contributed by atoms with Crippen LogP contribution in [0.2, 0.25) is 0 Å². The predicted octanol–water partition coefficient (Wildman–Crippen LogP) is 1.78. The van der Waals surface area contributed by atoms with Crippen molar-refractivity contribution < 1.29 is 42.8 Å². The molecule has 0 saturated carbocycles. The van der Waals surface area contributed by atoms with Crippen molar-refractivity contribution in [1.29, 1.82) is 0 Å². The van der Waals surface area contributed by atoms with Crippen molar-refractivity contribution in [1.82, 2.24) is 0 Å². The first-order valence-corrected chi connectivity index (χ1v) is 5.41. The van der Waals surface area contributed by atoms with Crippen molar-refractivity contribution in [3.8, 4) is 5.75 Å². The number of carboxylic acid groups (broad SMARTS) is 2. The van der Waals surface area contributed by atoms with E-state index in [1.807, 2.05) is 0 Å². The second-order valence-corrected chi connectivity index (χ2v) is 3.69. The molecule has 0 amide bonds. The average molecular weight is 310 g/mol. The number of hydrogen-bond acceptors (Lipinski definition) is 4. The second kappa shape index (κ2) is 8.10. The lowest BCUT2D eigenvalue weighted by Gasteiger charge is -2.10. The molecule has 1 unspecified atom stereocenters. The quantitative estimate of drug-likeness (QED) is 0.783. The van der Waals surface area contributed by atoms with Crippen LogP contribution < -0.4 is 4.74 Å². The number of halogens is 3. The van der Waals surface area contributed by atoms with Crippen LogP contribution in [-0.4, -0.2) is 46.6 Å². The molecule has 9 heteroatoms. The number of rotatable bonds is 4. The largest absolute Gasteiger partial charge is 0.497 e. The second-order valence-electron chi connectivity index (χ2n) is 3.69. The number of carbonyl (C=O) groups is 2. The lowest BCUT2D eigenvalue weighted by atomic mass is 10.2. The minimum Gasteiger partial charge on any atom is -0.497 e. The molecule has 118 valence electrons. The summed E-state index contributed by atoms with van der Waals surface area (Å²) in [6, 6.07) is 6.23. The SMILES string of the molecule is COc1ccc(C(=O)O)cc1.O=C(O)CC(O)C(F)(F)F. The number of alkyl halides is 3. The van der Waals surface area contributed by atoms with Crippen LogP contribution in [0.25, 0.3) is 0 Å². The third kappa shape index (κ3) is 7.78. The summed E-state index contributed by atoms with van der Waals surface area (Å²) in [5.41, 5.74) is 0.269. The van der Waals surface area contributed by atoms with E-state index in [9.17, 15) is 22.8 Å². The van der Waals surface area contributed by atoms with Gasteiger partial charge in [0.25, 0.3) is 0 Å². The summed E-state index contributed by atoms with van der Waals surface area (Å²) in [5, 5.41) is 24.3. The fourth-order valence-electron chi connectivity index (χ4n) is 1.01. The van der Waals surface area contributed by atoms with Gasteiger partial charge in [-0.1, -0.05) is 0 Å². The Balaban J connectivity index is 0.000000384. The zero-order valence-corrected chi connectivity index (χ0v) is 10.8. The van der Waals surface area contributed by atoms with Gasteiger partial charge in [-0.05, 0) is 24.3 Å². The maximum atomic E-state index is 11.3. The number of hydrogen-bond donors (Lipinski definition) is 3. The fraction of sp³-hybridized carbons (Fsp3) is 0.333. The third-order valence-corrected chi connectivity index (χ3v) is 2.08. The molecule has 0 aliphatic heterocycles. The standard InChI is InChI=1S/C8H8O3.C4H5F3O3/c1-11-7-4-2-6(3-5-7)8(9)10;5-4(6,7)2(8)1-3(9)10/h2-5H,1H3,(H,9,10);2,8H,1H2,(H,9,10). The van der Waals surface area contributed by atoms with Crippen LogP contribution in [0.1, 0.15) is 16.8 Å². The molecule has 0 spiro atoms. The lowest BCUT2D eigenvalue weighted by molar-refractivity contribution is -0.208. The minimum atomic E-state index is -4.83. The van der Waals surface area contributed by atoms with E-state index in [1.165, 1.54) is 19.2 Å². The lowest BCUT2D eigenvalue weighted by Crippen LogP contribution is -2.30. The summed E-state index contributed by atoms with van der Waals surface area (Å²) in [6.45, 7) is 0. The summed E-state index contributed by atoms with van der Waals surface area (Å²) < 4.78 is 38.7. The summed E-state index contributed by atoms with van der Waals surface area (Å²) in [4.78, 5) is 20.0. The molecule has 0 aliphatic carbocycles. The van der Waals surface area contributed by atoms with Crippen molar-refractivity contribution >= 4 is 11.9 Å². The van der Waals surface area contributed by atoms with Gasteiger partial charge in [0.1, 0.15) is 5.75 Å². The predicted molar refractivity (Wildman–Crippen MR) is 64.3 cm³/mol. The highest BCUT2D eigenvalue weighted by Crippen LogP contribution is 2.21. The molecule has 6 nitrogen and oxygen atoms in total. The highest BCUT2D eigenvalue weighted by molar-refractivity contribution is 5.87. The number of aliphatic hydroxyl groups is 1. The van der Waals surface area contributed by atoms with Crippen molar-refractivity contribution in [3.63, 3.8) is 0 Å². The summed E-state index contributed by atoms with van der Waals surface area (Å²) in [6.07, 6.45) is -8.90. The van der Waals surface area contributed by atoms with E-state index in [4.69, 9.17) is 20.1 Å². The van der Waals surface area contributed by atoms with Crippen LogP contribution in [0.15, 0.2) is 24.3 Å². The number of aliphatic carboxylic acids is 1. The molecule has 0 aromatic heterocycles. The molecule has 0 heterocycles. The molecule has 1 atom stereocenters. The maximum absolute atomic E-state index is 11.3. The van der Waals surface area contributed by atoms with Crippen molar-refractivity contribution in [3.05, 3.63) is 29.8 Å². The Labute approximate surface area is 117 Å². The van der Waals surface area contributed by atoms with E-state index < -0.39 is 30.6 Å². The van der Waals surface area contributed by atoms with Gasteiger partial charge in [-0.15, -0.1) is 0 Å². The zero-order chi connectivity index (χ0) is 16.6. The van der Waals surface area contributed by atoms with Crippen LogP contribution in [0.4, 0.5) is 13.2 Å². The molecular formula is C12H13F3O6. The Bertz CT molecular complexity index is 469. The van der Waals surface area contributed by atoms with E-state index >= 15 is 0 Å². The first-order chi connectivity index (χ1) is 9.57. The summed E-state index contributed by atoms with van der Waals surface area (Å²) in [7, 11) is 1.54. The first-order valence-electron chi connectivity index (χ1n) is 5.41. The average Bonchev–Trinajstić information content (AvgIpc) is 2.37. The molecule has 1 aromatic rings. The van der Waals surface area contributed by atoms with Crippen LogP contribution in [0, 0.1) is 0 Å². The smallest absolute Gasteiger partial charge is 0.414 e. The van der Waals surface area contributed by atoms with Gasteiger partial charge in [0.15, 0.2) is 6.10 Å². The summed E-state index contributed by atoms with van der Waals surface area (Å²) >= 11 is 0. The molecule has 0 fully saturated rings. The fourth-order valence-corrected chi connectivity index (χ4v) is 1.01. The number of carboxylic acids is 2. The molecular weight excluding hydrogens is 297 g/mol. The zero-order valence-electron chi connectivity index (χ0n) is 10.8. The Morgan fingerprint density at radius 2 is 1.67 bits per heavy atom. The Hall–Kier alpha value is -2.29. The number of aliphatic hydroxyl groups excluding tert-OH is 1. The van der Waals surface area contributed by atoms with Crippen molar-refractivity contribution in [2.75, 3.05) is 7.11 Å². The van der Waals surface area contributed by atoms with Crippen molar-refractivity contribution in [2.24, 2.45) is 0 Å². The van der Waals surface area contributed by atoms with E-state index in [0.29, 0.717) is 5.75 Å². The van der Waals surface area contributed by atoms with Crippen LogP contribution >= 0.6 is 0 Å². The normalized spacial score (nSPS) is 11.9. The number of methoxy groups -OCH3 is 1. The van der Waals surface area contributed by atoms with Crippen molar-refractivity contribution in [2.45, 2.75) is 18.7 Å².